The van der Waals surface area contributed by atoms with E-state index in [-0.39, 0.29) is 0 Å². The van der Waals surface area contributed by atoms with E-state index in [9.17, 15) is 0 Å². The molecule has 0 unspecified atom stereocenters. The summed E-state index contributed by atoms with van der Waals surface area (Å²) in [4.78, 5) is 0. The summed E-state index contributed by atoms with van der Waals surface area (Å²) in [5.41, 5.74) is 7.80. The Balaban J connectivity index is 0.000000204. The number of aryl methyl sites for hydroxylation is 2. The van der Waals surface area contributed by atoms with Crippen LogP contribution in [0.1, 0.15) is 50.3 Å². The molecule has 0 fully saturated rings. The molecule has 3 aromatic carbocycles. The number of para-hydroxylation sites is 1. The fourth-order valence-electron chi connectivity index (χ4n) is 3.49. The van der Waals surface area contributed by atoms with E-state index in [0.29, 0.717) is 0 Å². The van der Waals surface area contributed by atoms with Gasteiger partial charge in [-0.2, -0.15) is 0 Å². The van der Waals surface area contributed by atoms with Crippen LogP contribution in [0.5, 0.6) is 5.75 Å². The van der Waals surface area contributed by atoms with E-state index in [1.807, 2.05) is 32.0 Å². The summed E-state index contributed by atoms with van der Waals surface area (Å²) < 4.78 is 5.32. The van der Waals surface area contributed by atoms with Gasteiger partial charge >= 0.3 is 0 Å². The first kappa shape index (κ1) is 24.2. The molecule has 0 aliphatic heterocycles. The van der Waals surface area contributed by atoms with Crippen LogP contribution in [0, 0.1) is 6.92 Å². The summed E-state index contributed by atoms with van der Waals surface area (Å²) in [6, 6.07) is 25.5. The van der Waals surface area contributed by atoms with Gasteiger partial charge < -0.3 is 4.74 Å². The minimum atomic E-state index is 0.949. The number of ether oxygens (including phenoxy) is 1. The number of hydrogen-bond acceptors (Lipinski definition) is 1. The number of allylic oxidation sites excluding steroid dienone is 4. The summed E-state index contributed by atoms with van der Waals surface area (Å²) in [5, 5.41) is 0. The second-order valence-corrected chi connectivity index (χ2v) is 7.26. The van der Waals surface area contributed by atoms with Crippen LogP contribution in [0.3, 0.4) is 0 Å². The van der Waals surface area contributed by atoms with Crippen molar-refractivity contribution in [1.29, 1.82) is 0 Å². The first-order valence-corrected chi connectivity index (χ1v) is 11.4. The molecule has 0 aromatic heterocycles. The van der Waals surface area contributed by atoms with Crippen LogP contribution in [0.2, 0.25) is 0 Å². The van der Waals surface area contributed by atoms with Gasteiger partial charge in [-0.3, -0.25) is 0 Å². The van der Waals surface area contributed by atoms with Crippen LogP contribution in [0.25, 0.3) is 16.7 Å². The molecule has 0 radical (unpaired) electrons. The second kappa shape index (κ2) is 13.3. The van der Waals surface area contributed by atoms with Crippen LogP contribution >= 0.6 is 0 Å². The topological polar surface area (TPSA) is 9.23 Å². The van der Waals surface area contributed by atoms with Crippen molar-refractivity contribution in [2.45, 2.75) is 47.0 Å². The summed E-state index contributed by atoms with van der Waals surface area (Å²) in [7, 11) is 1.71. The Morgan fingerprint density at radius 1 is 0.806 bits per heavy atom. The van der Waals surface area contributed by atoms with Crippen LogP contribution in [-0.4, -0.2) is 7.11 Å². The Hall–Kier alpha value is -3.06. The van der Waals surface area contributed by atoms with Gasteiger partial charge in [0.05, 0.1) is 7.11 Å². The average Bonchev–Trinajstić information content (AvgIpc) is 2.86. The monoisotopic (exact) mass is 412 g/mol. The quantitative estimate of drug-likeness (QED) is 0.416. The van der Waals surface area contributed by atoms with E-state index < -0.39 is 0 Å². The fraction of sp³-hybridized carbons (Fsp3) is 0.267. The molecule has 0 atom stereocenters. The number of hydrogen-bond donors (Lipinski definition) is 0. The Labute approximate surface area is 189 Å². The smallest absolute Gasteiger partial charge is 0.126 e. The minimum absolute atomic E-state index is 0.949. The largest absolute Gasteiger partial charge is 0.496 e. The fourth-order valence-corrected chi connectivity index (χ4v) is 3.49. The molecule has 31 heavy (non-hydrogen) atoms. The molecule has 4 rings (SSSR count). The van der Waals surface area contributed by atoms with Gasteiger partial charge in [-0.05, 0) is 54.5 Å². The highest BCUT2D eigenvalue weighted by Crippen LogP contribution is 2.29. The Morgan fingerprint density at radius 2 is 1.52 bits per heavy atom. The highest BCUT2D eigenvalue weighted by molar-refractivity contribution is 5.78. The second-order valence-electron chi connectivity index (χ2n) is 7.26. The minimum Gasteiger partial charge on any atom is -0.496 e. The summed E-state index contributed by atoms with van der Waals surface area (Å²) in [6.45, 7) is 8.32. The molecule has 1 nitrogen and oxygen atoms in total. The van der Waals surface area contributed by atoms with Gasteiger partial charge in [0.1, 0.15) is 5.75 Å². The van der Waals surface area contributed by atoms with Crippen LogP contribution in [0.4, 0.5) is 0 Å². The Kier molecular flexibility index (Phi) is 10.4. The molecule has 0 saturated heterocycles. The van der Waals surface area contributed by atoms with Crippen molar-refractivity contribution in [1.82, 2.24) is 0 Å². The molecule has 1 aliphatic rings. The normalized spacial score (nSPS) is 12.0. The third-order valence-electron chi connectivity index (χ3n) is 5.10. The van der Waals surface area contributed by atoms with Crippen molar-refractivity contribution < 1.29 is 4.74 Å². The van der Waals surface area contributed by atoms with Crippen molar-refractivity contribution in [3.8, 4) is 16.9 Å². The Morgan fingerprint density at radius 3 is 2.16 bits per heavy atom. The molecule has 0 heterocycles. The zero-order valence-corrected chi connectivity index (χ0v) is 19.7. The summed E-state index contributed by atoms with van der Waals surface area (Å²) in [6.07, 6.45) is 10.0. The van der Waals surface area contributed by atoms with Gasteiger partial charge in [-0.25, -0.2) is 0 Å². The number of benzene rings is 3. The van der Waals surface area contributed by atoms with Crippen molar-refractivity contribution >= 4 is 5.57 Å². The molecule has 3 aromatic rings. The van der Waals surface area contributed by atoms with Crippen molar-refractivity contribution in [3.05, 3.63) is 108 Å². The van der Waals surface area contributed by atoms with Crippen molar-refractivity contribution in [2.75, 3.05) is 7.11 Å². The lowest BCUT2D eigenvalue weighted by atomic mass is 9.99. The number of rotatable bonds is 4. The zero-order chi connectivity index (χ0) is 22.5. The third-order valence-corrected chi connectivity index (χ3v) is 5.10. The standard InChI is InChI=1S/C15H16.C13H14O.C2H6/c1-3-13-7-5-9-15(11-13)14-8-4-6-12(2)10-14;1-14-13-10-6-5-9-12(13)11-7-3-2-4-8-11;1-2/h4-11H,3H2,1-2H3;3,5-10H,2,4H2,1H3;1-2H3. The molecule has 0 bridgehead atoms. The summed E-state index contributed by atoms with van der Waals surface area (Å²) in [5.74, 6) is 0.949. The van der Waals surface area contributed by atoms with E-state index >= 15 is 0 Å². The third kappa shape index (κ3) is 7.29. The Bertz CT molecular complexity index is 995. The van der Waals surface area contributed by atoms with Gasteiger partial charge in [0.25, 0.3) is 0 Å². The van der Waals surface area contributed by atoms with E-state index in [1.54, 1.807) is 7.11 Å². The lowest BCUT2D eigenvalue weighted by molar-refractivity contribution is 0.413. The van der Waals surface area contributed by atoms with Crippen LogP contribution in [-0.2, 0) is 6.42 Å². The number of methoxy groups -OCH3 is 1. The summed E-state index contributed by atoms with van der Waals surface area (Å²) >= 11 is 0. The van der Waals surface area contributed by atoms with Gasteiger partial charge in [0, 0.05) is 5.56 Å². The van der Waals surface area contributed by atoms with Gasteiger partial charge in [0.2, 0.25) is 0 Å². The lowest BCUT2D eigenvalue weighted by Crippen LogP contribution is -1.91. The van der Waals surface area contributed by atoms with Crippen molar-refractivity contribution in [2.24, 2.45) is 0 Å². The molecule has 0 spiro atoms. The highest BCUT2D eigenvalue weighted by atomic mass is 16.5. The molecule has 0 amide bonds. The maximum absolute atomic E-state index is 5.32. The predicted molar refractivity (Wildman–Crippen MR) is 137 cm³/mol. The van der Waals surface area contributed by atoms with E-state index in [1.165, 1.54) is 33.4 Å². The SMILES string of the molecule is CC.CCc1cccc(-c2cccc(C)c2)c1.COc1ccccc1C1=CCCC=C1. The van der Waals surface area contributed by atoms with Gasteiger partial charge in [-0.15, -0.1) is 0 Å². The predicted octanol–water partition coefficient (Wildman–Crippen LogP) is 8.68. The molecule has 0 N–H and O–H groups in total. The van der Waals surface area contributed by atoms with Gasteiger partial charge in [0.15, 0.2) is 0 Å². The zero-order valence-electron chi connectivity index (χ0n) is 19.7. The molecule has 1 heteroatoms. The average molecular weight is 413 g/mol. The molecule has 0 saturated carbocycles. The first-order valence-electron chi connectivity index (χ1n) is 11.4. The van der Waals surface area contributed by atoms with Crippen LogP contribution < -0.4 is 4.74 Å². The van der Waals surface area contributed by atoms with Crippen LogP contribution in [0.15, 0.2) is 91.0 Å². The molecule has 162 valence electrons. The molecular formula is C30H36O. The highest BCUT2D eigenvalue weighted by Gasteiger charge is 2.06. The lowest BCUT2D eigenvalue weighted by Gasteiger charge is -2.11. The maximum Gasteiger partial charge on any atom is 0.126 e. The molecular weight excluding hydrogens is 376 g/mol. The van der Waals surface area contributed by atoms with E-state index in [4.69, 9.17) is 4.74 Å². The van der Waals surface area contributed by atoms with Gasteiger partial charge in [-0.1, -0.05) is 111 Å². The van der Waals surface area contributed by atoms with E-state index in [2.05, 4.69) is 86.7 Å². The van der Waals surface area contributed by atoms with E-state index in [0.717, 1.165) is 25.0 Å². The maximum atomic E-state index is 5.32. The first-order chi connectivity index (χ1) is 15.2. The van der Waals surface area contributed by atoms with Crippen molar-refractivity contribution in [3.63, 3.8) is 0 Å². The molecule has 1 aliphatic carbocycles.